The number of ketones is 1. The van der Waals surface area contributed by atoms with Crippen LogP contribution in [-0.2, 0) is 10.3 Å². The summed E-state index contributed by atoms with van der Waals surface area (Å²) in [6.07, 6.45) is 1.82. The van der Waals surface area contributed by atoms with E-state index < -0.39 is 35.2 Å². The molecule has 2 aromatic carbocycles. The molecular formula is C25H23F2N3O3. The van der Waals surface area contributed by atoms with E-state index in [1.165, 1.54) is 7.11 Å². The van der Waals surface area contributed by atoms with Crippen molar-refractivity contribution in [1.29, 1.82) is 0 Å². The minimum Gasteiger partial charge on any atom is -0.497 e. The minimum absolute atomic E-state index is 0.0545. The van der Waals surface area contributed by atoms with Crippen LogP contribution in [0.2, 0.25) is 0 Å². The second-order valence-electron chi connectivity index (χ2n) is 8.66. The molecule has 2 fully saturated rings. The number of ether oxygens (including phenoxy) is 1. The van der Waals surface area contributed by atoms with Crippen molar-refractivity contribution >= 4 is 22.7 Å². The number of rotatable bonds is 5. The van der Waals surface area contributed by atoms with Crippen LogP contribution >= 0.6 is 0 Å². The molecule has 0 radical (unpaired) electrons. The molecule has 0 unspecified atom stereocenters. The number of urea groups is 1. The summed E-state index contributed by atoms with van der Waals surface area (Å²) in [5, 5.41) is 6.62. The van der Waals surface area contributed by atoms with Gasteiger partial charge in [-0.3, -0.25) is 9.78 Å². The van der Waals surface area contributed by atoms with E-state index in [1.54, 1.807) is 0 Å². The Morgan fingerprint density at radius 1 is 1.12 bits per heavy atom. The van der Waals surface area contributed by atoms with Crippen LogP contribution in [0.25, 0.3) is 10.9 Å². The first kappa shape index (κ1) is 21.3. The predicted octanol–water partition coefficient (Wildman–Crippen LogP) is 4.33. The molecule has 1 heterocycles. The molecule has 170 valence electrons. The van der Waals surface area contributed by atoms with Crippen molar-refractivity contribution in [2.24, 2.45) is 0 Å². The molecule has 6 nitrogen and oxygen atoms in total. The number of carbonyl (C=O) groups is 2. The number of hydrogen-bond donors (Lipinski definition) is 2. The summed E-state index contributed by atoms with van der Waals surface area (Å²) in [7, 11) is 1.32. The van der Waals surface area contributed by atoms with E-state index in [-0.39, 0.29) is 29.9 Å². The Kier molecular flexibility index (Phi) is 5.23. The lowest BCUT2D eigenvalue weighted by atomic mass is 9.92. The molecular weight excluding hydrogens is 428 g/mol. The largest absolute Gasteiger partial charge is 0.497 e. The summed E-state index contributed by atoms with van der Waals surface area (Å²) in [5.41, 5.74) is 0.768. The van der Waals surface area contributed by atoms with Gasteiger partial charge in [-0.05, 0) is 31.4 Å². The number of pyridine rings is 1. The molecule has 2 atom stereocenters. The lowest BCUT2D eigenvalue weighted by Gasteiger charge is -2.24. The van der Waals surface area contributed by atoms with Gasteiger partial charge < -0.3 is 15.4 Å². The molecule has 3 aromatic rings. The van der Waals surface area contributed by atoms with Gasteiger partial charge in [0.1, 0.15) is 17.4 Å². The number of nitrogens with one attached hydrogen (secondary N) is 2. The van der Waals surface area contributed by atoms with Gasteiger partial charge in [0.2, 0.25) is 0 Å². The summed E-state index contributed by atoms with van der Waals surface area (Å²) in [6.45, 7) is 0. The third-order valence-electron chi connectivity index (χ3n) is 6.59. The van der Waals surface area contributed by atoms with E-state index in [0.717, 1.165) is 41.6 Å². The Morgan fingerprint density at radius 2 is 1.85 bits per heavy atom. The lowest BCUT2D eigenvalue weighted by molar-refractivity contribution is -0.119. The van der Waals surface area contributed by atoms with Crippen LogP contribution in [0.1, 0.15) is 42.9 Å². The van der Waals surface area contributed by atoms with Crippen LogP contribution in [0.3, 0.4) is 0 Å². The molecule has 1 aromatic heterocycles. The van der Waals surface area contributed by atoms with Crippen LogP contribution in [0.15, 0.2) is 48.5 Å². The van der Waals surface area contributed by atoms with Crippen LogP contribution in [0.5, 0.6) is 5.75 Å². The van der Waals surface area contributed by atoms with E-state index in [1.807, 2.05) is 36.4 Å². The maximum Gasteiger partial charge on any atom is 0.316 e. The number of benzene rings is 2. The second kappa shape index (κ2) is 8.10. The van der Waals surface area contributed by atoms with E-state index in [2.05, 4.69) is 10.6 Å². The molecule has 33 heavy (non-hydrogen) atoms. The van der Waals surface area contributed by atoms with Crippen molar-refractivity contribution in [2.45, 2.75) is 43.2 Å². The zero-order valence-corrected chi connectivity index (χ0v) is 18.0. The van der Waals surface area contributed by atoms with Gasteiger partial charge in [0, 0.05) is 35.4 Å². The zero-order chi connectivity index (χ0) is 23.2. The molecule has 2 N–H and O–H groups in total. The highest BCUT2D eigenvalue weighted by Gasteiger charge is 2.48. The number of hydrogen-bond acceptors (Lipinski definition) is 4. The average molecular weight is 451 g/mol. The highest BCUT2D eigenvalue weighted by atomic mass is 19.1. The Hall–Kier alpha value is -3.55. The lowest BCUT2D eigenvalue weighted by Crippen LogP contribution is -2.49. The molecule has 0 saturated heterocycles. The fraction of sp³-hybridized carbons (Fsp3) is 0.320. The molecule has 2 aliphatic carbocycles. The molecule has 0 spiro atoms. The fourth-order valence-electron chi connectivity index (χ4n) is 4.67. The SMILES string of the molecule is COc1cc(F)c([C@@H]2CCC(=O)[C@H]2NC(=O)NC2(c3ccc4ccccc4n3)CC2)c(F)c1. The number of carbonyl (C=O) groups excluding carboxylic acids is 2. The van der Waals surface area contributed by atoms with Gasteiger partial charge in [-0.2, -0.15) is 0 Å². The normalized spacial score (nSPS) is 21.1. The number of methoxy groups -OCH3 is 1. The van der Waals surface area contributed by atoms with Crippen molar-refractivity contribution in [3.63, 3.8) is 0 Å². The van der Waals surface area contributed by atoms with Gasteiger partial charge in [-0.1, -0.05) is 24.3 Å². The summed E-state index contributed by atoms with van der Waals surface area (Å²) < 4.78 is 34.2. The standard InChI is InChI=1S/C25H23F2N3O3/c1-33-15-12-17(26)22(18(27)13-15)16-7-8-20(31)23(16)29-24(32)30-25(10-11-25)21-9-6-14-4-2-3-5-19(14)28-21/h2-6,9,12-13,16,23H,7-8,10-11H2,1H3,(H2,29,30,32)/t16-,23-/m0/s1. The molecule has 0 aliphatic heterocycles. The third-order valence-corrected chi connectivity index (χ3v) is 6.59. The number of Topliss-reactive ketones (excluding diaryl/α,β-unsaturated/α-hetero) is 1. The molecule has 8 heteroatoms. The zero-order valence-electron chi connectivity index (χ0n) is 18.0. The number of halogens is 2. The van der Waals surface area contributed by atoms with Crippen LogP contribution in [0, 0.1) is 11.6 Å². The van der Waals surface area contributed by atoms with Gasteiger partial charge in [-0.25, -0.2) is 13.6 Å². The van der Waals surface area contributed by atoms with Crippen LogP contribution in [0.4, 0.5) is 13.6 Å². The van der Waals surface area contributed by atoms with Crippen molar-refractivity contribution in [1.82, 2.24) is 15.6 Å². The summed E-state index contributed by atoms with van der Waals surface area (Å²) in [4.78, 5) is 30.1. The Bertz CT molecular complexity index is 1240. The number of amides is 2. The molecule has 0 bridgehead atoms. The maximum atomic E-state index is 14.6. The van der Waals surface area contributed by atoms with Crippen molar-refractivity contribution in [3.8, 4) is 5.75 Å². The highest BCUT2D eigenvalue weighted by molar-refractivity contribution is 5.92. The highest BCUT2D eigenvalue weighted by Crippen LogP contribution is 2.45. The van der Waals surface area contributed by atoms with Gasteiger partial charge in [0.05, 0.1) is 29.9 Å². The fourth-order valence-corrected chi connectivity index (χ4v) is 4.67. The first-order valence-corrected chi connectivity index (χ1v) is 10.9. The predicted molar refractivity (Wildman–Crippen MR) is 118 cm³/mol. The van der Waals surface area contributed by atoms with E-state index >= 15 is 0 Å². The van der Waals surface area contributed by atoms with E-state index in [9.17, 15) is 18.4 Å². The molecule has 5 rings (SSSR count). The van der Waals surface area contributed by atoms with E-state index in [0.29, 0.717) is 0 Å². The van der Waals surface area contributed by atoms with Crippen LogP contribution in [-0.4, -0.2) is 29.9 Å². The van der Waals surface area contributed by atoms with Gasteiger partial charge >= 0.3 is 6.03 Å². The molecule has 2 saturated carbocycles. The first-order valence-electron chi connectivity index (χ1n) is 10.9. The number of fused-ring (bicyclic) bond motifs is 1. The van der Waals surface area contributed by atoms with Crippen molar-refractivity contribution < 1.29 is 23.1 Å². The van der Waals surface area contributed by atoms with Gasteiger partial charge in [-0.15, -0.1) is 0 Å². The van der Waals surface area contributed by atoms with Crippen molar-refractivity contribution in [3.05, 3.63) is 71.4 Å². The summed E-state index contributed by atoms with van der Waals surface area (Å²) >= 11 is 0. The number of nitrogens with zero attached hydrogens (tertiary/aromatic N) is 1. The van der Waals surface area contributed by atoms with Crippen LogP contribution < -0.4 is 15.4 Å². The minimum atomic E-state index is -1.01. The van der Waals surface area contributed by atoms with Gasteiger partial charge in [0.15, 0.2) is 5.78 Å². The molecule has 2 aliphatic rings. The average Bonchev–Trinajstić information content (AvgIpc) is 3.51. The molecule has 2 amide bonds. The Balaban J connectivity index is 1.35. The summed E-state index contributed by atoms with van der Waals surface area (Å²) in [5.74, 6) is -2.57. The maximum absolute atomic E-state index is 14.6. The Labute approximate surface area is 189 Å². The first-order chi connectivity index (χ1) is 15.9. The number of aromatic nitrogens is 1. The third kappa shape index (κ3) is 3.90. The topological polar surface area (TPSA) is 80.3 Å². The monoisotopic (exact) mass is 451 g/mol. The Morgan fingerprint density at radius 3 is 2.55 bits per heavy atom. The number of para-hydroxylation sites is 1. The second-order valence-corrected chi connectivity index (χ2v) is 8.66. The quantitative estimate of drug-likeness (QED) is 0.605. The van der Waals surface area contributed by atoms with E-state index in [4.69, 9.17) is 9.72 Å². The summed E-state index contributed by atoms with van der Waals surface area (Å²) in [6, 6.07) is 12.2. The van der Waals surface area contributed by atoms with Crippen molar-refractivity contribution in [2.75, 3.05) is 7.11 Å². The smallest absolute Gasteiger partial charge is 0.316 e. The van der Waals surface area contributed by atoms with Gasteiger partial charge in [0.25, 0.3) is 0 Å².